The first-order valence-corrected chi connectivity index (χ1v) is 6.77. The molecule has 0 atom stereocenters. The van der Waals surface area contributed by atoms with Crippen LogP contribution in [0.5, 0.6) is 0 Å². The lowest BCUT2D eigenvalue weighted by molar-refractivity contribution is 0.252. The van der Waals surface area contributed by atoms with Gasteiger partial charge in [0.15, 0.2) is 0 Å². The average Bonchev–Trinajstić information content (AvgIpc) is 2.35. The van der Waals surface area contributed by atoms with Crippen LogP contribution in [0, 0.1) is 0 Å². The van der Waals surface area contributed by atoms with Gasteiger partial charge in [-0.1, -0.05) is 18.2 Å². The van der Waals surface area contributed by atoms with E-state index in [1.165, 1.54) is 0 Å². The van der Waals surface area contributed by atoms with Gasteiger partial charge in [0.05, 0.1) is 0 Å². The maximum atomic E-state index is 11.4. The van der Waals surface area contributed by atoms with E-state index in [0.717, 1.165) is 23.6 Å². The normalized spacial score (nSPS) is 9.94. The number of carbonyl (C=O) groups is 1. The van der Waals surface area contributed by atoms with Crippen molar-refractivity contribution in [3.05, 3.63) is 30.3 Å². The van der Waals surface area contributed by atoms with Crippen LogP contribution >= 0.6 is 11.8 Å². The second kappa shape index (κ2) is 8.90. The Morgan fingerprint density at radius 2 is 2.00 bits per heavy atom. The van der Waals surface area contributed by atoms with Crippen molar-refractivity contribution >= 4 is 23.5 Å². The van der Waals surface area contributed by atoms with Crippen molar-refractivity contribution < 1.29 is 9.90 Å². The maximum Gasteiger partial charge on any atom is 0.319 e. The van der Waals surface area contributed by atoms with Crippen LogP contribution in [-0.4, -0.2) is 35.8 Å². The fraction of sp³-hybridized carbons (Fsp3) is 0.417. The lowest BCUT2D eigenvalue weighted by Crippen LogP contribution is -2.30. The summed E-state index contributed by atoms with van der Waals surface area (Å²) in [6, 6.07) is 9.16. The number of aliphatic hydroxyl groups excluding tert-OH is 1. The standard InChI is InChI=1S/C12H18N2O2S/c15-8-4-9-17-10-7-13-12(16)14-11-5-2-1-3-6-11/h1-3,5-6,15H,4,7-10H2,(H2,13,14,16). The van der Waals surface area contributed by atoms with E-state index in [9.17, 15) is 4.79 Å². The number of anilines is 1. The molecule has 17 heavy (non-hydrogen) atoms. The van der Waals surface area contributed by atoms with E-state index in [0.29, 0.717) is 6.54 Å². The number of hydrogen-bond acceptors (Lipinski definition) is 3. The molecule has 0 unspecified atom stereocenters. The van der Waals surface area contributed by atoms with Crippen molar-refractivity contribution in [2.24, 2.45) is 0 Å². The van der Waals surface area contributed by atoms with Crippen molar-refractivity contribution in [2.75, 3.05) is 30.0 Å². The highest BCUT2D eigenvalue weighted by Crippen LogP contribution is 2.04. The van der Waals surface area contributed by atoms with E-state index in [2.05, 4.69) is 10.6 Å². The Bertz CT molecular complexity index is 320. The highest BCUT2D eigenvalue weighted by molar-refractivity contribution is 7.99. The number of hydrogen-bond donors (Lipinski definition) is 3. The van der Waals surface area contributed by atoms with Gasteiger partial charge in [0.2, 0.25) is 0 Å². The van der Waals surface area contributed by atoms with Gasteiger partial charge in [-0.15, -0.1) is 0 Å². The Kier molecular flexibility index (Phi) is 7.25. The average molecular weight is 254 g/mol. The smallest absolute Gasteiger partial charge is 0.319 e. The molecule has 0 saturated carbocycles. The van der Waals surface area contributed by atoms with Crippen molar-refractivity contribution in [1.29, 1.82) is 0 Å². The van der Waals surface area contributed by atoms with E-state index in [1.54, 1.807) is 11.8 Å². The zero-order chi connectivity index (χ0) is 12.3. The van der Waals surface area contributed by atoms with Crippen LogP contribution < -0.4 is 10.6 Å². The van der Waals surface area contributed by atoms with Gasteiger partial charge in [-0.05, 0) is 24.3 Å². The highest BCUT2D eigenvalue weighted by Gasteiger charge is 1.99. The fourth-order valence-electron chi connectivity index (χ4n) is 1.20. The van der Waals surface area contributed by atoms with Crippen LogP contribution in [0.4, 0.5) is 10.5 Å². The Balaban J connectivity index is 2.06. The van der Waals surface area contributed by atoms with Crippen LogP contribution in [0.15, 0.2) is 30.3 Å². The molecule has 0 aromatic heterocycles. The molecule has 3 N–H and O–H groups in total. The number of benzene rings is 1. The van der Waals surface area contributed by atoms with Crippen LogP contribution in [0.3, 0.4) is 0 Å². The summed E-state index contributed by atoms with van der Waals surface area (Å²) in [5.74, 6) is 1.79. The number of amides is 2. The van der Waals surface area contributed by atoms with Crippen LogP contribution in [-0.2, 0) is 0 Å². The Labute approximate surface area is 106 Å². The van der Waals surface area contributed by atoms with Gasteiger partial charge >= 0.3 is 6.03 Å². The Hall–Kier alpha value is -1.20. The summed E-state index contributed by atoms with van der Waals surface area (Å²) in [4.78, 5) is 11.4. The zero-order valence-corrected chi connectivity index (χ0v) is 10.5. The number of nitrogens with one attached hydrogen (secondary N) is 2. The molecular formula is C12H18N2O2S. The molecule has 0 aliphatic carbocycles. The number of rotatable bonds is 7. The number of para-hydroxylation sites is 1. The molecule has 0 spiro atoms. The molecule has 0 aliphatic heterocycles. The molecule has 0 fully saturated rings. The molecule has 4 nitrogen and oxygen atoms in total. The third kappa shape index (κ3) is 6.86. The Morgan fingerprint density at radius 3 is 2.71 bits per heavy atom. The second-order valence-corrected chi connectivity index (χ2v) is 4.66. The molecule has 0 aliphatic rings. The molecule has 1 rings (SSSR count). The summed E-state index contributed by atoms with van der Waals surface area (Å²) in [7, 11) is 0. The lowest BCUT2D eigenvalue weighted by atomic mass is 10.3. The number of carbonyl (C=O) groups excluding carboxylic acids is 1. The number of aliphatic hydroxyl groups is 1. The maximum absolute atomic E-state index is 11.4. The predicted molar refractivity (Wildman–Crippen MR) is 72.5 cm³/mol. The fourth-order valence-corrected chi connectivity index (χ4v) is 1.99. The minimum atomic E-state index is -0.182. The van der Waals surface area contributed by atoms with E-state index < -0.39 is 0 Å². The zero-order valence-electron chi connectivity index (χ0n) is 9.69. The molecule has 5 heteroatoms. The van der Waals surface area contributed by atoms with Gasteiger partial charge in [0, 0.05) is 24.6 Å². The monoisotopic (exact) mass is 254 g/mol. The summed E-state index contributed by atoms with van der Waals surface area (Å²) in [6.45, 7) is 0.865. The summed E-state index contributed by atoms with van der Waals surface area (Å²) in [6.07, 6.45) is 0.806. The first-order chi connectivity index (χ1) is 8.33. The van der Waals surface area contributed by atoms with E-state index in [4.69, 9.17) is 5.11 Å². The van der Waals surface area contributed by atoms with E-state index >= 15 is 0 Å². The van der Waals surface area contributed by atoms with E-state index in [1.807, 2.05) is 30.3 Å². The third-order valence-corrected chi connectivity index (χ3v) is 3.08. The minimum absolute atomic E-state index is 0.182. The van der Waals surface area contributed by atoms with Gasteiger partial charge in [-0.3, -0.25) is 0 Å². The summed E-state index contributed by atoms with van der Waals surface area (Å²) in [5.41, 5.74) is 0.790. The van der Waals surface area contributed by atoms with Gasteiger partial charge in [-0.25, -0.2) is 4.79 Å². The van der Waals surface area contributed by atoms with Gasteiger partial charge in [0.25, 0.3) is 0 Å². The topological polar surface area (TPSA) is 61.4 Å². The third-order valence-electron chi connectivity index (χ3n) is 2.01. The molecule has 0 saturated heterocycles. The first-order valence-electron chi connectivity index (χ1n) is 5.61. The van der Waals surface area contributed by atoms with Gasteiger partial charge in [-0.2, -0.15) is 11.8 Å². The quantitative estimate of drug-likeness (QED) is 0.651. The van der Waals surface area contributed by atoms with Crippen molar-refractivity contribution in [3.8, 4) is 0 Å². The molecule has 94 valence electrons. The van der Waals surface area contributed by atoms with Crippen LogP contribution in [0.1, 0.15) is 6.42 Å². The highest BCUT2D eigenvalue weighted by atomic mass is 32.2. The van der Waals surface area contributed by atoms with E-state index in [-0.39, 0.29) is 12.6 Å². The number of thioether (sulfide) groups is 1. The van der Waals surface area contributed by atoms with Crippen molar-refractivity contribution in [3.63, 3.8) is 0 Å². The molecule has 0 heterocycles. The number of urea groups is 1. The molecule has 0 radical (unpaired) electrons. The molecular weight excluding hydrogens is 236 g/mol. The van der Waals surface area contributed by atoms with Crippen LogP contribution in [0.2, 0.25) is 0 Å². The first kappa shape index (κ1) is 13.9. The predicted octanol–water partition coefficient (Wildman–Crippen LogP) is 1.92. The van der Waals surface area contributed by atoms with Gasteiger partial charge < -0.3 is 15.7 Å². The van der Waals surface area contributed by atoms with Gasteiger partial charge in [0.1, 0.15) is 0 Å². The van der Waals surface area contributed by atoms with Crippen molar-refractivity contribution in [2.45, 2.75) is 6.42 Å². The summed E-state index contributed by atoms with van der Waals surface area (Å²) < 4.78 is 0. The lowest BCUT2D eigenvalue weighted by Gasteiger charge is -2.07. The Morgan fingerprint density at radius 1 is 1.24 bits per heavy atom. The summed E-state index contributed by atoms with van der Waals surface area (Å²) in [5, 5.41) is 14.1. The molecule has 0 bridgehead atoms. The second-order valence-electron chi connectivity index (χ2n) is 3.44. The van der Waals surface area contributed by atoms with Crippen LogP contribution in [0.25, 0.3) is 0 Å². The SMILES string of the molecule is O=C(NCCSCCCO)Nc1ccccc1. The molecule has 1 aromatic rings. The summed E-state index contributed by atoms with van der Waals surface area (Å²) >= 11 is 1.72. The minimum Gasteiger partial charge on any atom is -0.396 e. The molecule has 1 aromatic carbocycles. The molecule has 2 amide bonds. The largest absolute Gasteiger partial charge is 0.396 e. The van der Waals surface area contributed by atoms with Crippen molar-refractivity contribution in [1.82, 2.24) is 5.32 Å².